The first-order chi connectivity index (χ1) is 10.4. The van der Waals surface area contributed by atoms with E-state index in [1.807, 2.05) is 0 Å². The van der Waals surface area contributed by atoms with Crippen LogP contribution in [-0.2, 0) is 6.42 Å². The summed E-state index contributed by atoms with van der Waals surface area (Å²) in [6.07, 6.45) is 11.2. The van der Waals surface area contributed by atoms with Crippen molar-refractivity contribution in [3.05, 3.63) is 29.8 Å². The SMILES string of the molecule is c1ccc2c(c1)CCN2CCCNCC1CCCCCC1. The normalized spacial score (nSPS) is 19.5. The summed E-state index contributed by atoms with van der Waals surface area (Å²) in [6, 6.07) is 8.89. The van der Waals surface area contributed by atoms with E-state index in [4.69, 9.17) is 0 Å². The van der Waals surface area contributed by atoms with Crippen molar-refractivity contribution in [3.8, 4) is 0 Å². The van der Waals surface area contributed by atoms with Gasteiger partial charge in [-0.05, 0) is 56.3 Å². The molecule has 0 unspecified atom stereocenters. The lowest BCUT2D eigenvalue weighted by Crippen LogP contribution is -2.28. The average molecular weight is 286 g/mol. The summed E-state index contributed by atoms with van der Waals surface area (Å²) in [5.41, 5.74) is 3.00. The Kier molecular flexibility index (Phi) is 5.56. The number of benzene rings is 1. The van der Waals surface area contributed by atoms with E-state index in [1.54, 1.807) is 0 Å². The van der Waals surface area contributed by atoms with Gasteiger partial charge in [0.2, 0.25) is 0 Å². The number of fused-ring (bicyclic) bond motifs is 1. The summed E-state index contributed by atoms with van der Waals surface area (Å²) in [6.45, 7) is 4.84. The van der Waals surface area contributed by atoms with Crippen LogP contribution in [0.1, 0.15) is 50.5 Å². The van der Waals surface area contributed by atoms with Gasteiger partial charge in [0.25, 0.3) is 0 Å². The van der Waals surface area contributed by atoms with Crippen LogP contribution < -0.4 is 10.2 Å². The highest BCUT2D eigenvalue weighted by molar-refractivity contribution is 5.57. The molecular weight excluding hydrogens is 256 g/mol. The number of para-hydroxylation sites is 1. The third-order valence-electron chi connectivity index (χ3n) is 5.17. The predicted octanol–water partition coefficient (Wildman–Crippen LogP) is 4.00. The molecule has 116 valence electrons. The molecule has 1 aromatic rings. The third kappa shape index (κ3) is 4.23. The molecule has 0 radical (unpaired) electrons. The minimum atomic E-state index is 0.944. The molecule has 1 aliphatic heterocycles. The Morgan fingerprint density at radius 2 is 1.86 bits per heavy atom. The lowest BCUT2D eigenvalue weighted by molar-refractivity contribution is 0.424. The van der Waals surface area contributed by atoms with Gasteiger partial charge in [0.05, 0.1) is 0 Å². The summed E-state index contributed by atoms with van der Waals surface area (Å²) < 4.78 is 0. The van der Waals surface area contributed by atoms with Crippen LogP contribution in [0.25, 0.3) is 0 Å². The quantitative estimate of drug-likeness (QED) is 0.628. The van der Waals surface area contributed by atoms with E-state index in [1.165, 1.54) is 88.8 Å². The molecule has 0 amide bonds. The predicted molar refractivity (Wildman–Crippen MR) is 91.0 cm³/mol. The summed E-state index contributed by atoms with van der Waals surface area (Å²) in [5.74, 6) is 0.944. The van der Waals surface area contributed by atoms with Gasteiger partial charge < -0.3 is 10.2 Å². The molecule has 21 heavy (non-hydrogen) atoms. The molecule has 1 aliphatic carbocycles. The molecule has 2 heteroatoms. The molecule has 1 N–H and O–H groups in total. The highest BCUT2D eigenvalue weighted by atomic mass is 15.1. The van der Waals surface area contributed by atoms with Gasteiger partial charge in [-0.2, -0.15) is 0 Å². The maximum absolute atomic E-state index is 3.70. The third-order valence-corrected chi connectivity index (χ3v) is 5.17. The molecule has 0 aromatic heterocycles. The number of hydrogen-bond acceptors (Lipinski definition) is 2. The first kappa shape index (κ1) is 14.9. The first-order valence-electron chi connectivity index (χ1n) is 8.97. The van der Waals surface area contributed by atoms with Gasteiger partial charge in [-0.25, -0.2) is 0 Å². The Balaban J connectivity index is 1.32. The molecular formula is C19H30N2. The van der Waals surface area contributed by atoms with Crippen LogP contribution in [0.4, 0.5) is 5.69 Å². The zero-order valence-electron chi connectivity index (χ0n) is 13.3. The van der Waals surface area contributed by atoms with E-state index in [-0.39, 0.29) is 0 Å². The fraction of sp³-hybridized carbons (Fsp3) is 0.684. The molecule has 3 rings (SSSR count). The van der Waals surface area contributed by atoms with Gasteiger partial charge in [-0.15, -0.1) is 0 Å². The summed E-state index contributed by atoms with van der Waals surface area (Å²) in [5, 5.41) is 3.70. The second kappa shape index (κ2) is 7.84. The Hall–Kier alpha value is -1.02. The Morgan fingerprint density at radius 3 is 2.71 bits per heavy atom. The van der Waals surface area contributed by atoms with Crippen LogP contribution >= 0.6 is 0 Å². The van der Waals surface area contributed by atoms with Crippen LogP contribution in [0.2, 0.25) is 0 Å². The van der Waals surface area contributed by atoms with Crippen molar-refractivity contribution in [1.82, 2.24) is 5.32 Å². The topological polar surface area (TPSA) is 15.3 Å². The van der Waals surface area contributed by atoms with Crippen LogP contribution in [0.5, 0.6) is 0 Å². The molecule has 0 saturated heterocycles. The highest BCUT2D eigenvalue weighted by Gasteiger charge is 2.17. The van der Waals surface area contributed by atoms with E-state index in [2.05, 4.69) is 34.5 Å². The zero-order valence-corrected chi connectivity index (χ0v) is 13.3. The van der Waals surface area contributed by atoms with Crippen LogP contribution in [-0.4, -0.2) is 26.2 Å². The Morgan fingerprint density at radius 1 is 1.05 bits per heavy atom. The van der Waals surface area contributed by atoms with Crippen molar-refractivity contribution >= 4 is 5.69 Å². The van der Waals surface area contributed by atoms with E-state index >= 15 is 0 Å². The fourth-order valence-corrected chi connectivity index (χ4v) is 3.91. The second-order valence-corrected chi connectivity index (χ2v) is 6.78. The second-order valence-electron chi connectivity index (χ2n) is 6.78. The molecule has 1 fully saturated rings. The molecule has 0 bridgehead atoms. The van der Waals surface area contributed by atoms with Crippen LogP contribution in [0.3, 0.4) is 0 Å². The van der Waals surface area contributed by atoms with Crippen molar-refractivity contribution in [3.63, 3.8) is 0 Å². The van der Waals surface area contributed by atoms with Gasteiger partial charge in [0, 0.05) is 18.8 Å². The van der Waals surface area contributed by atoms with Gasteiger partial charge in [-0.1, -0.05) is 43.9 Å². The van der Waals surface area contributed by atoms with E-state index in [0.717, 1.165) is 5.92 Å². The first-order valence-corrected chi connectivity index (χ1v) is 8.97. The zero-order chi connectivity index (χ0) is 14.3. The van der Waals surface area contributed by atoms with Gasteiger partial charge in [0.1, 0.15) is 0 Å². The number of nitrogens with one attached hydrogen (secondary N) is 1. The monoisotopic (exact) mass is 286 g/mol. The average Bonchev–Trinajstić information content (AvgIpc) is 2.75. The van der Waals surface area contributed by atoms with Gasteiger partial charge >= 0.3 is 0 Å². The maximum atomic E-state index is 3.70. The van der Waals surface area contributed by atoms with Crippen molar-refractivity contribution in [2.75, 3.05) is 31.1 Å². The number of nitrogens with zero attached hydrogens (tertiary/aromatic N) is 1. The van der Waals surface area contributed by atoms with E-state index in [9.17, 15) is 0 Å². The van der Waals surface area contributed by atoms with E-state index in [0.29, 0.717) is 0 Å². The lowest BCUT2D eigenvalue weighted by atomic mass is 10.0. The molecule has 1 aromatic carbocycles. The van der Waals surface area contributed by atoms with E-state index < -0.39 is 0 Å². The smallest absolute Gasteiger partial charge is 0.0399 e. The standard InChI is InChI=1S/C19H30N2/c1-2-4-9-17(8-3-1)16-20-13-7-14-21-15-12-18-10-5-6-11-19(18)21/h5-6,10-11,17,20H,1-4,7-9,12-16H2. The van der Waals surface area contributed by atoms with Crippen molar-refractivity contribution in [2.45, 2.75) is 51.4 Å². The largest absolute Gasteiger partial charge is 0.371 e. The number of hydrogen-bond donors (Lipinski definition) is 1. The molecule has 2 aliphatic rings. The van der Waals surface area contributed by atoms with Gasteiger partial charge in [0.15, 0.2) is 0 Å². The minimum absolute atomic E-state index is 0.944. The molecule has 0 atom stereocenters. The number of anilines is 1. The molecule has 0 spiro atoms. The number of rotatable bonds is 6. The van der Waals surface area contributed by atoms with Crippen LogP contribution in [0.15, 0.2) is 24.3 Å². The minimum Gasteiger partial charge on any atom is -0.371 e. The summed E-state index contributed by atoms with van der Waals surface area (Å²) in [7, 11) is 0. The van der Waals surface area contributed by atoms with Crippen molar-refractivity contribution < 1.29 is 0 Å². The molecule has 1 saturated carbocycles. The summed E-state index contributed by atoms with van der Waals surface area (Å²) in [4.78, 5) is 2.56. The molecule has 2 nitrogen and oxygen atoms in total. The Bertz CT molecular complexity index is 421. The highest BCUT2D eigenvalue weighted by Crippen LogP contribution is 2.27. The lowest BCUT2D eigenvalue weighted by Gasteiger charge is -2.20. The fourth-order valence-electron chi connectivity index (χ4n) is 3.91. The Labute approximate surface area is 129 Å². The molecule has 1 heterocycles. The van der Waals surface area contributed by atoms with Gasteiger partial charge in [-0.3, -0.25) is 0 Å². The van der Waals surface area contributed by atoms with Crippen molar-refractivity contribution in [1.29, 1.82) is 0 Å². The van der Waals surface area contributed by atoms with Crippen molar-refractivity contribution in [2.24, 2.45) is 5.92 Å². The summed E-state index contributed by atoms with van der Waals surface area (Å²) >= 11 is 0. The van der Waals surface area contributed by atoms with Crippen LogP contribution in [0, 0.1) is 5.92 Å². The maximum Gasteiger partial charge on any atom is 0.0399 e.